The molecule has 23 heavy (non-hydrogen) atoms. The molecule has 7 nitrogen and oxygen atoms in total. The largest absolute Gasteiger partial charge is 0.502 e. The van der Waals surface area contributed by atoms with Crippen LogP contribution in [0.5, 0.6) is 5.75 Å². The maximum absolute atomic E-state index is 11.9. The second-order valence-electron chi connectivity index (χ2n) is 4.33. The number of carbonyl (C=O) groups excluding carboxylic acids is 1. The SMILES string of the molecule is O=C(N/N=C\c1cc(Br)cc([N+](=O)[O-])c1O)c1ccc(Br)cc1. The zero-order chi connectivity index (χ0) is 17.0. The van der Waals surface area contributed by atoms with E-state index in [9.17, 15) is 20.0 Å². The van der Waals surface area contributed by atoms with Crippen molar-refractivity contribution in [2.75, 3.05) is 0 Å². The molecular formula is C14H9Br2N3O4. The zero-order valence-corrected chi connectivity index (χ0v) is 14.5. The number of nitro groups is 1. The van der Waals surface area contributed by atoms with E-state index in [1.54, 1.807) is 24.3 Å². The lowest BCUT2D eigenvalue weighted by Gasteiger charge is -2.02. The Labute approximate surface area is 147 Å². The van der Waals surface area contributed by atoms with E-state index in [1.807, 2.05) is 0 Å². The van der Waals surface area contributed by atoms with E-state index in [4.69, 9.17) is 0 Å². The van der Waals surface area contributed by atoms with E-state index in [0.29, 0.717) is 10.0 Å². The number of halogens is 2. The number of carbonyl (C=O) groups is 1. The molecule has 0 atom stereocenters. The summed E-state index contributed by atoms with van der Waals surface area (Å²) in [5.74, 6) is -0.974. The van der Waals surface area contributed by atoms with Crippen molar-refractivity contribution in [3.05, 3.63) is 66.6 Å². The first-order chi connectivity index (χ1) is 10.9. The van der Waals surface area contributed by atoms with Gasteiger partial charge in [-0.05, 0) is 30.3 Å². The van der Waals surface area contributed by atoms with Crippen molar-refractivity contribution in [1.82, 2.24) is 5.43 Å². The van der Waals surface area contributed by atoms with Gasteiger partial charge in [0, 0.05) is 26.1 Å². The van der Waals surface area contributed by atoms with Gasteiger partial charge in [-0.2, -0.15) is 5.10 Å². The number of aromatic hydroxyl groups is 1. The standard InChI is InChI=1S/C14H9Br2N3O4/c15-10-3-1-8(2-4-10)14(21)18-17-7-9-5-11(16)6-12(13(9)20)19(22)23/h1-7,20H,(H,18,21)/b17-7-. The molecule has 1 amide bonds. The first-order valence-electron chi connectivity index (χ1n) is 6.14. The van der Waals surface area contributed by atoms with Gasteiger partial charge in [-0.15, -0.1) is 0 Å². The van der Waals surface area contributed by atoms with Gasteiger partial charge in [0.25, 0.3) is 5.91 Å². The number of amides is 1. The van der Waals surface area contributed by atoms with Gasteiger partial charge in [0.15, 0.2) is 0 Å². The predicted molar refractivity (Wildman–Crippen MR) is 91.7 cm³/mol. The molecule has 118 valence electrons. The molecule has 0 aliphatic heterocycles. The second-order valence-corrected chi connectivity index (χ2v) is 6.16. The summed E-state index contributed by atoms with van der Waals surface area (Å²) in [5, 5.41) is 24.4. The quantitative estimate of drug-likeness (QED) is 0.428. The fourth-order valence-corrected chi connectivity index (χ4v) is 2.40. The normalized spacial score (nSPS) is 10.7. The Morgan fingerprint density at radius 1 is 1.22 bits per heavy atom. The molecule has 0 aromatic heterocycles. The Morgan fingerprint density at radius 3 is 2.48 bits per heavy atom. The second kappa shape index (κ2) is 7.34. The van der Waals surface area contributed by atoms with Crippen LogP contribution in [0.1, 0.15) is 15.9 Å². The summed E-state index contributed by atoms with van der Waals surface area (Å²) in [6.45, 7) is 0. The highest BCUT2D eigenvalue weighted by molar-refractivity contribution is 9.10. The summed E-state index contributed by atoms with van der Waals surface area (Å²) in [5.41, 5.74) is 2.32. The third-order valence-electron chi connectivity index (χ3n) is 2.76. The van der Waals surface area contributed by atoms with Crippen LogP contribution in [-0.4, -0.2) is 22.2 Å². The molecule has 0 heterocycles. The summed E-state index contributed by atoms with van der Waals surface area (Å²) in [4.78, 5) is 22.0. The molecule has 0 fully saturated rings. The van der Waals surface area contributed by atoms with Crippen LogP contribution in [0.3, 0.4) is 0 Å². The van der Waals surface area contributed by atoms with Gasteiger partial charge < -0.3 is 5.11 Å². The van der Waals surface area contributed by atoms with Crippen LogP contribution in [0.2, 0.25) is 0 Å². The van der Waals surface area contributed by atoms with Crippen molar-refractivity contribution in [1.29, 1.82) is 0 Å². The maximum atomic E-state index is 11.9. The Kier molecular flexibility index (Phi) is 5.45. The average molecular weight is 443 g/mol. The Morgan fingerprint density at radius 2 is 1.87 bits per heavy atom. The van der Waals surface area contributed by atoms with Gasteiger partial charge in [0.2, 0.25) is 5.75 Å². The number of phenols is 1. The molecule has 0 radical (unpaired) electrons. The number of phenolic OH excluding ortho intramolecular Hbond substituents is 1. The van der Waals surface area contributed by atoms with E-state index in [2.05, 4.69) is 42.4 Å². The molecule has 0 aliphatic carbocycles. The summed E-state index contributed by atoms with van der Waals surface area (Å²) < 4.78 is 1.24. The van der Waals surface area contributed by atoms with E-state index in [0.717, 1.165) is 10.7 Å². The minimum atomic E-state index is -0.710. The molecule has 0 aliphatic rings. The van der Waals surface area contributed by atoms with Crippen LogP contribution in [0, 0.1) is 10.1 Å². The van der Waals surface area contributed by atoms with Crippen LogP contribution in [0.4, 0.5) is 5.69 Å². The van der Waals surface area contributed by atoms with E-state index in [1.165, 1.54) is 12.1 Å². The van der Waals surface area contributed by atoms with Crippen LogP contribution in [0.25, 0.3) is 0 Å². The van der Waals surface area contributed by atoms with Crippen molar-refractivity contribution < 1.29 is 14.8 Å². The lowest BCUT2D eigenvalue weighted by molar-refractivity contribution is -0.385. The van der Waals surface area contributed by atoms with Crippen LogP contribution >= 0.6 is 31.9 Å². The minimum absolute atomic E-state index is 0.0992. The number of nitrogens with zero attached hydrogens (tertiary/aromatic N) is 2. The molecule has 0 saturated carbocycles. The molecule has 9 heteroatoms. The average Bonchev–Trinajstić information content (AvgIpc) is 2.50. The van der Waals surface area contributed by atoms with E-state index < -0.39 is 22.3 Å². The summed E-state index contributed by atoms with van der Waals surface area (Å²) in [7, 11) is 0. The van der Waals surface area contributed by atoms with E-state index >= 15 is 0 Å². The van der Waals surface area contributed by atoms with Gasteiger partial charge in [0.1, 0.15) is 0 Å². The van der Waals surface area contributed by atoms with Crippen LogP contribution in [0.15, 0.2) is 50.4 Å². The highest BCUT2D eigenvalue weighted by Gasteiger charge is 2.17. The molecule has 0 bridgehead atoms. The number of hydrazone groups is 1. The predicted octanol–water partition coefficient (Wildman–Crippen LogP) is 3.59. The number of nitrogens with one attached hydrogen (secondary N) is 1. The third-order valence-corrected chi connectivity index (χ3v) is 3.74. The minimum Gasteiger partial charge on any atom is -0.502 e. The van der Waals surface area contributed by atoms with Crippen molar-refractivity contribution in [3.8, 4) is 5.75 Å². The van der Waals surface area contributed by atoms with Gasteiger partial charge in [0.05, 0.1) is 11.1 Å². The van der Waals surface area contributed by atoms with Crippen molar-refractivity contribution in [2.45, 2.75) is 0 Å². The molecule has 0 saturated heterocycles. The van der Waals surface area contributed by atoms with Gasteiger partial charge in [-0.1, -0.05) is 31.9 Å². The lowest BCUT2D eigenvalue weighted by atomic mass is 10.2. The number of hydrogen-bond donors (Lipinski definition) is 2. The monoisotopic (exact) mass is 441 g/mol. The summed E-state index contributed by atoms with van der Waals surface area (Å²) in [6, 6.07) is 9.25. The molecule has 0 spiro atoms. The van der Waals surface area contributed by atoms with Gasteiger partial charge in [-0.3, -0.25) is 14.9 Å². The molecule has 2 aromatic carbocycles. The molecule has 2 N–H and O–H groups in total. The fourth-order valence-electron chi connectivity index (χ4n) is 1.67. The lowest BCUT2D eigenvalue weighted by Crippen LogP contribution is -2.17. The first kappa shape index (κ1) is 17.1. The third kappa shape index (κ3) is 4.36. The summed E-state index contributed by atoms with van der Waals surface area (Å²) >= 11 is 6.37. The Bertz CT molecular complexity index is 791. The first-order valence-corrected chi connectivity index (χ1v) is 7.73. The number of hydrogen-bond acceptors (Lipinski definition) is 5. The highest BCUT2D eigenvalue weighted by atomic mass is 79.9. The van der Waals surface area contributed by atoms with Crippen LogP contribution < -0.4 is 5.43 Å². The highest BCUT2D eigenvalue weighted by Crippen LogP contribution is 2.32. The molecule has 0 unspecified atom stereocenters. The van der Waals surface area contributed by atoms with Crippen molar-refractivity contribution >= 4 is 49.7 Å². The van der Waals surface area contributed by atoms with Crippen molar-refractivity contribution in [2.24, 2.45) is 5.10 Å². The zero-order valence-electron chi connectivity index (χ0n) is 11.4. The van der Waals surface area contributed by atoms with Gasteiger partial charge in [-0.25, -0.2) is 5.43 Å². The van der Waals surface area contributed by atoms with E-state index in [-0.39, 0.29) is 5.56 Å². The Balaban J connectivity index is 2.16. The molecule has 2 aromatic rings. The molecule has 2 rings (SSSR count). The number of benzene rings is 2. The number of rotatable bonds is 4. The molecular weight excluding hydrogens is 434 g/mol. The smallest absolute Gasteiger partial charge is 0.312 e. The van der Waals surface area contributed by atoms with Gasteiger partial charge >= 0.3 is 5.69 Å². The topological polar surface area (TPSA) is 105 Å². The Hall–Kier alpha value is -2.26. The summed E-state index contributed by atoms with van der Waals surface area (Å²) in [6.07, 6.45) is 1.13. The van der Waals surface area contributed by atoms with Crippen LogP contribution in [-0.2, 0) is 0 Å². The number of nitro benzene ring substituents is 1. The maximum Gasteiger partial charge on any atom is 0.312 e. The fraction of sp³-hybridized carbons (Fsp3) is 0. The van der Waals surface area contributed by atoms with Crippen molar-refractivity contribution in [3.63, 3.8) is 0 Å².